The molecule has 0 unspecified atom stereocenters. The van der Waals surface area contributed by atoms with Gasteiger partial charge in [-0.2, -0.15) is 0 Å². The Bertz CT molecular complexity index is 510. The average molecular weight is 267 g/mol. The van der Waals surface area contributed by atoms with Gasteiger partial charge < -0.3 is 5.10 Å². The molecule has 0 fully saturated rings. The Kier molecular flexibility index (Phi) is 2.77. The van der Waals surface area contributed by atoms with Crippen LogP contribution in [0, 0.1) is 6.92 Å². The summed E-state index contributed by atoms with van der Waals surface area (Å²) in [6.07, 6.45) is 0.665. The van der Waals surface area contributed by atoms with E-state index in [0.29, 0.717) is 6.42 Å². The van der Waals surface area contributed by atoms with Crippen LogP contribution < -0.4 is 5.56 Å². The minimum atomic E-state index is -0.0320. The lowest BCUT2D eigenvalue weighted by Crippen LogP contribution is -2.06. The summed E-state index contributed by atoms with van der Waals surface area (Å²) in [5, 5.41) is 5.40. The molecule has 2 N–H and O–H groups in total. The summed E-state index contributed by atoms with van der Waals surface area (Å²) < 4.78 is 1.05. The molecule has 0 radical (unpaired) electrons. The molecular weight excluding hydrogens is 256 g/mol. The molecule has 15 heavy (non-hydrogen) atoms. The van der Waals surface area contributed by atoms with Crippen molar-refractivity contribution in [2.75, 3.05) is 0 Å². The number of H-pyrrole nitrogens is 2. The van der Waals surface area contributed by atoms with Gasteiger partial charge in [-0.25, -0.2) is 0 Å². The Morgan fingerprint density at radius 1 is 1.20 bits per heavy atom. The summed E-state index contributed by atoms with van der Waals surface area (Å²) in [7, 11) is 0. The van der Waals surface area contributed by atoms with E-state index < -0.39 is 0 Å². The van der Waals surface area contributed by atoms with Crippen LogP contribution >= 0.6 is 15.9 Å². The number of rotatable bonds is 2. The third-order valence-corrected chi connectivity index (χ3v) is 2.91. The molecule has 0 bridgehead atoms. The van der Waals surface area contributed by atoms with E-state index in [9.17, 15) is 4.79 Å². The number of benzene rings is 1. The maximum absolute atomic E-state index is 11.4. The van der Waals surface area contributed by atoms with E-state index in [1.54, 1.807) is 0 Å². The molecule has 4 heteroatoms. The molecule has 2 rings (SSSR count). The summed E-state index contributed by atoms with van der Waals surface area (Å²) >= 11 is 3.38. The monoisotopic (exact) mass is 266 g/mol. The maximum Gasteiger partial charge on any atom is 0.267 e. The highest BCUT2D eigenvalue weighted by Gasteiger charge is 2.06. The second-order valence-corrected chi connectivity index (χ2v) is 4.40. The zero-order chi connectivity index (χ0) is 10.8. The van der Waals surface area contributed by atoms with E-state index in [2.05, 4.69) is 26.1 Å². The fourth-order valence-corrected chi connectivity index (χ4v) is 1.76. The van der Waals surface area contributed by atoms with E-state index >= 15 is 0 Å². The summed E-state index contributed by atoms with van der Waals surface area (Å²) in [6.45, 7) is 1.89. The highest BCUT2D eigenvalue weighted by molar-refractivity contribution is 9.10. The van der Waals surface area contributed by atoms with Gasteiger partial charge in [0.2, 0.25) is 0 Å². The lowest BCUT2D eigenvalue weighted by molar-refractivity contribution is 1.02. The Hall–Kier alpha value is -1.29. The lowest BCUT2D eigenvalue weighted by Gasteiger charge is -1.99. The van der Waals surface area contributed by atoms with Crippen molar-refractivity contribution in [1.82, 2.24) is 10.2 Å². The molecule has 1 aromatic heterocycles. The van der Waals surface area contributed by atoms with Crippen molar-refractivity contribution in [2.45, 2.75) is 13.3 Å². The van der Waals surface area contributed by atoms with Crippen LogP contribution in [-0.4, -0.2) is 10.2 Å². The Morgan fingerprint density at radius 3 is 2.40 bits per heavy atom. The van der Waals surface area contributed by atoms with E-state index in [-0.39, 0.29) is 5.56 Å². The fraction of sp³-hybridized carbons (Fsp3) is 0.182. The van der Waals surface area contributed by atoms with Crippen LogP contribution in [0.25, 0.3) is 0 Å². The largest absolute Gasteiger partial charge is 0.302 e. The fourth-order valence-electron chi connectivity index (χ4n) is 1.49. The van der Waals surface area contributed by atoms with Gasteiger partial charge in [0, 0.05) is 22.2 Å². The van der Waals surface area contributed by atoms with Gasteiger partial charge in [0.25, 0.3) is 5.56 Å². The molecule has 0 amide bonds. The number of hydrogen-bond donors (Lipinski definition) is 2. The van der Waals surface area contributed by atoms with Crippen LogP contribution in [0.15, 0.2) is 33.5 Å². The number of aromatic nitrogens is 2. The lowest BCUT2D eigenvalue weighted by atomic mass is 10.1. The molecule has 3 nitrogen and oxygen atoms in total. The summed E-state index contributed by atoms with van der Waals surface area (Å²) in [5.74, 6) is 0. The molecule has 0 saturated carbocycles. The summed E-state index contributed by atoms with van der Waals surface area (Å²) in [6, 6.07) is 7.98. The Morgan fingerprint density at radius 2 is 1.87 bits per heavy atom. The van der Waals surface area contributed by atoms with Crippen molar-refractivity contribution in [1.29, 1.82) is 0 Å². The first kappa shape index (κ1) is 10.2. The first-order valence-electron chi connectivity index (χ1n) is 4.67. The third kappa shape index (κ3) is 2.21. The van der Waals surface area contributed by atoms with Crippen molar-refractivity contribution in [3.63, 3.8) is 0 Å². The van der Waals surface area contributed by atoms with Crippen LogP contribution in [-0.2, 0) is 6.42 Å². The third-order valence-electron chi connectivity index (χ3n) is 2.38. The number of hydrogen-bond acceptors (Lipinski definition) is 1. The highest BCUT2D eigenvalue weighted by Crippen LogP contribution is 2.13. The molecule has 1 aromatic carbocycles. The van der Waals surface area contributed by atoms with Gasteiger partial charge in [-0.1, -0.05) is 28.1 Å². The minimum Gasteiger partial charge on any atom is -0.302 e. The first-order chi connectivity index (χ1) is 7.16. The van der Waals surface area contributed by atoms with Crippen LogP contribution in [0.5, 0.6) is 0 Å². The molecule has 0 spiro atoms. The van der Waals surface area contributed by atoms with Crippen molar-refractivity contribution < 1.29 is 0 Å². The van der Waals surface area contributed by atoms with Crippen LogP contribution in [0.1, 0.15) is 16.8 Å². The van der Waals surface area contributed by atoms with Crippen molar-refractivity contribution in [2.24, 2.45) is 0 Å². The molecule has 0 aliphatic carbocycles. The van der Waals surface area contributed by atoms with Crippen LogP contribution in [0.2, 0.25) is 0 Å². The minimum absolute atomic E-state index is 0.0320. The summed E-state index contributed by atoms with van der Waals surface area (Å²) in [4.78, 5) is 11.4. The highest BCUT2D eigenvalue weighted by atomic mass is 79.9. The smallest absolute Gasteiger partial charge is 0.267 e. The maximum atomic E-state index is 11.4. The van der Waals surface area contributed by atoms with Gasteiger partial charge in [-0.3, -0.25) is 9.89 Å². The topological polar surface area (TPSA) is 48.6 Å². The van der Waals surface area contributed by atoms with E-state index in [0.717, 1.165) is 21.3 Å². The average Bonchev–Trinajstić information content (AvgIpc) is 2.53. The Labute approximate surface area is 95.6 Å². The Balaban J connectivity index is 2.29. The quantitative estimate of drug-likeness (QED) is 0.862. The van der Waals surface area contributed by atoms with Crippen molar-refractivity contribution in [3.8, 4) is 0 Å². The van der Waals surface area contributed by atoms with Gasteiger partial charge in [0.15, 0.2) is 0 Å². The molecule has 2 aromatic rings. The summed E-state index contributed by atoms with van der Waals surface area (Å²) in [5.41, 5.74) is 2.81. The molecule has 0 saturated heterocycles. The van der Waals surface area contributed by atoms with Gasteiger partial charge >= 0.3 is 0 Å². The molecule has 78 valence electrons. The van der Waals surface area contributed by atoms with Crippen LogP contribution in [0.4, 0.5) is 0 Å². The van der Waals surface area contributed by atoms with Gasteiger partial charge in [0.1, 0.15) is 0 Å². The SMILES string of the molecule is Cc1[nH][nH]c(=O)c1Cc1ccc(Br)cc1. The second kappa shape index (κ2) is 4.06. The molecule has 0 aliphatic rings. The van der Waals surface area contributed by atoms with Crippen molar-refractivity contribution >= 4 is 15.9 Å². The van der Waals surface area contributed by atoms with E-state index in [1.165, 1.54) is 0 Å². The van der Waals surface area contributed by atoms with Gasteiger partial charge in [-0.15, -0.1) is 0 Å². The standard InChI is InChI=1S/C11H11BrN2O/c1-7-10(11(15)14-13-7)6-8-2-4-9(12)5-3-8/h2-5H,6H2,1H3,(H2,13,14,15). The first-order valence-corrected chi connectivity index (χ1v) is 5.46. The number of aryl methyl sites for hydroxylation is 1. The van der Waals surface area contributed by atoms with Crippen molar-refractivity contribution in [3.05, 3.63) is 55.9 Å². The number of nitrogens with one attached hydrogen (secondary N) is 2. The number of aromatic amines is 2. The predicted molar refractivity (Wildman–Crippen MR) is 63.1 cm³/mol. The molecule has 1 heterocycles. The second-order valence-electron chi connectivity index (χ2n) is 3.49. The van der Waals surface area contributed by atoms with Gasteiger partial charge in [0.05, 0.1) is 0 Å². The van der Waals surface area contributed by atoms with E-state index in [1.807, 2.05) is 31.2 Å². The normalized spacial score (nSPS) is 10.5. The number of halogens is 1. The zero-order valence-electron chi connectivity index (χ0n) is 8.30. The predicted octanol–water partition coefficient (Wildman–Crippen LogP) is 2.36. The molecule has 0 aliphatic heterocycles. The van der Waals surface area contributed by atoms with Gasteiger partial charge in [-0.05, 0) is 24.6 Å². The van der Waals surface area contributed by atoms with E-state index in [4.69, 9.17) is 0 Å². The molecular formula is C11H11BrN2O. The zero-order valence-corrected chi connectivity index (χ0v) is 9.89. The molecule has 0 atom stereocenters. The van der Waals surface area contributed by atoms with Crippen LogP contribution in [0.3, 0.4) is 0 Å².